The van der Waals surface area contributed by atoms with Crippen molar-refractivity contribution in [3.8, 4) is 5.75 Å². The highest BCUT2D eigenvalue weighted by molar-refractivity contribution is 6.79. The second kappa shape index (κ2) is 11.0. The molecule has 0 aromatic heterocycles. The number of rotatable bonds is 7. The standard InChI is InChI=1S/C27H20B2F6O3/c30-26(31,32)19-11-14-22(15-12-19)29(37)25(18-7-3-1-4-8-18)38-24-16-13-20(27(33,34)35)17-23(24)28(36)21-9-5-2-6-10-21/h1-17,25,36-37H. The van der Waals surface area contributed by atoms with Crippen LogP contribution in [0.2, 0.25) is 0 Å². The van der Waals surface area contributed by atoms with E-state index in [-0.39, 0.29) is 16.7 Å². The molecule has 0 fully saturated rings. The first kappa shape index (κ1) is 27.3. The van der Waals surface area contributed by atoms with Gasteiger partial charge in [0.1, 0.15) is 11.8 Å². The summed E-state index contributed by atoms with van der Waals surface area (Å²) in [5.74, 6) is -0.130. The first-order valence-electron chi connectivity index (χ1n) is 11.5. The second-order valence-corrected chi connectivity index (χ2v) is 8.58. The van der Waals surface area contributed by atoms with Gasteiger partial charge >= 0.3 is 26.2 Å². The fourth-order valence-corrected chi connectivity index (χ4v) is 4.00. The monoisotopic (exact) mass is 528 g/mol. The molecule has 194 valence electrons. The zero-order valence-electron chi connectivity index (χ0n) is 19.6. The first-order valence-corrected chi connectivity index (χ1v) is 11.5. The Hall–Kier alpha value is -3.69. The van der Waals surface area contributed by atoms with Crippen molar-refractivity contribution in [2.45, 2.75) is 18.4 Å². The molecule has 0 saturated heterocycles. The Kier molecular flexibility index (Phi) is 7.89. The van der Waals surface area contributed by atoms with Crippen LogP contribution in [0.15, 0.2) is 103 Å². The summed E-state index contributed by atoms with van der Waals surface area (Å²) in [6, 6.07) is 21.5. The lowest BCUT2D eigenvalue weighted by Gasteiger charge is -2.25. The lowest BCUT2D eigenvalue weighted by molar-refractivity contribution is -0.138. The highest BCUT2D eigenvalue weighted by Crippen LogP contribution is 2.32. The predicted octanol–water partition coefficient (Wildman–Crippen LogP) is 4.37. The summed E-state index contributed by atoms with van der Waals surface area (Å²) in [4.78, 5) is 0. The van der Waals surface area contributed by atoms with Crippen LogP contribution in [0.1, 0.15) is 22.7 Å². The van der Waals surface area contributed by atoms with Crippen molar-refractivity contribution in [1.82, 2.24) is 0 Å². The largest absolute Gasteiger partial charge is 0.491 e. The third kappa shape index (κ3) is 6.23. The van der Waals surface area contributed by atoms with Crippen LogP contribution in [0.5, 0.6) is 5.75 Å². The molecule has 0 aliphatic carbocycles. The van der Waals surface area contributed by atoms with Crippen molar-refractivity contribution in [2.24, 2.45) is 0 Å². The Morgan fingerprint density at radius 1 is 0.605 bits per heavy atom. The third-order valence-corrected chi connectivity index (χ3v) is 6.00. The summed E-state index contributed by atoms with van der Waals surface area (Å²) in [5.41, 5.74) is -1.26. The van der Waals surface area contributed by atoms with E-state index < -0.39 is 43.3 Å². The van der Waals surface area contributed by atoms with E-state index in [0.29, 0.717) is 11.0 Å². The van der Waals surface area contributed by atoms with Crippen LogP contribution in [0.3, 0.4) is 0 Å². The quantitative estimate of drug-likeness (QED) is 0.277. The maximum atomic E-state index is 13.5. The van der Waals surface area contributed by atoms with Gasteiger partial charge < -0.3 is 14.8 Å². The summed E-state index contributed by atoms with van der Waals surface area (Å²) in [7, 11) is 0. The number of ether oxygens (including phenoxy) is 1. The summed E-state index contributed by atoms with van der Waals surface area (Å²) in [6.07, 6.45) is -9.26. The van der Waals surface area contributed by atoms with Crippen molar-refractivity contribution in [1.29, 1.82) is 0 Å². The molecule has 1 atom stereocenters. The minimum absolute atomic E-state index is 0.101. The van der Waals surface area contributed by atoms with Crippen LogP contribution in [0, 0.1) is 0 Å². The van der Waals surface area contributed by atoms with E-state index in [1.807, 2.05) is 0 Å². The van der Waals surface area contributed by atoms with Crippen LogP contribution in [-0.4, -0.2) is 23.9 Å². The van der Waals surface area contributed by atoms with E-state index in [1.54, 1.807) is 60.7 Å². The molecule has 4 aromatic carbocycles. The highest BCUT2D eigenvalue weighted by atomic mass is 19.4. The first-order chi connectivity index (χ1) is 17.9. The molecule has 2 N–H and O–H groups in total. The minimum Gasteiger partial charge on any atom is -0.491 e. The van der Waals surface area contributed by atoms with Gasteiger partial charge in [-0.25, -0.2) is 0 Å². The SMILES string of the molecule is OB(c1ccccc1)c1cc(C(F)(F)F)ccc1OC(B(O)c1ccc(C(F)(F)F)cc1)c1ccccc1. The van der Waals surface area contributed by atoms with Gasteiger partial charge in [-0.15, -0.1) is 0 Å². The maximum absolute atomic E-state index is 13.5. The molecule has 11 heteroatoms. The topological polar surface area (TPSA) is 49.7 Å². The van der Waals surface area contributed by atoms with E-state index >= 15 is 0 Å². The van der Waals surface area contributed by atoms with E-state index in [2.05, 4.69) is 0 Å². The average molecular weight is 528 g/mol. The molecule has 0 saturated carbocycles. The number of halogens is 6. The van der Waals surface area contributed by atoms with Gasteiger partial charge in [0.05, 0.1) is 11.1 Å². The lowest BCUT2D eigenvalue weighted by Crippen LogP contribution is -2.45. The van der Waals surface area contributed by atoms with E-state index in [9.17, 15) is 36.4 Å². The zero-order chi connectivity index (χ0) is 27.5. The average Bonchev–Trinajstić information content (AvgIpc) is 2.91. The molecule has 0 aliphatic heterocycles. The molecule has 3 nitrogen and oxygen atoms in total. The van der Waals surface area contributed by atoms with Crippen LogP contribution in [0.25, 0.3) is 0 Å². The van der Waals surface area contributed by atoms with Crippen molar-refractivity contribution in [3.63, 3.8) is 0 Å². The number of benzene rings is 4. The van der Waals surface area contributed by atoms with E-state index in [0.717, 1.165) is 42.5 Å². The number of alkyl halides is 6. The number of hydrogen-bond acceptors (Lipinski definition) is 3. The summed E-state index contributed by atoms with van der Waals surface area (Å²) >= 11 is 0. The van der Waals surface area contributed by atoms with Crippen molar-refractivity contribution in [2.75, 3.05) is 0 Å². The molecular weight excluding hydrogens is 508 g/mol. The van der Waals surface area contributed by atoms with Gasteiger partial charge in [0, 0.05) is 0 Å². The van der Waals surface area contributed by atoms with Gasteiger partial charge in [-0.2, -0.15) is 26.3 Å². The molecular formula is C27H20B2F6O3. The van der Waals surface area contributed by atoms with Crippen LogP contribution >= 0.6 is 0 Å². The summed E-state index contributed by atoms with van der Waals surface area (Å²) in [5, 5.41) is 22.2. The maximum Gasteiger partial charge on any atom is 0.416 e. The number of hydrogen-bond donors (Lipinski definition) is 2. The molecule has 4 rings (SSSR count). The molecule has 1 unspecified atom stereocenters. The fraction of sp³-hybridized carbons (Fsp3) is 0.111. The Balaban J connectivity index is 1.77. The van der Waals surface area contributed by atoms with Crippen molar-refractivity contribution < 1.29 is 41.1 Å². The van der Waals surface area contributed by atoms with Gasteiger partial charge in [0.15, 0.2) is 0 Å². The minimum atomic E-state index is -4.69. The molecule has 0 amide bonds. The normalized spacial score (nSPS) is 12.6. The molecule has 0 radical (unpaired) electrons. The Bertz CT molecular complexity index is 1350. The van der Waals surface area contributed by atoms with Gasteiger partial charge in [0.25, 0.3) is 0 Å². The van der Waals surface area contributed by atoms with Crippen molar-refractivity contribution in [3.05, 3.63) is 120 Å². The highest BCUT2D eigenvalue weighted by Gasteiger charge is 2.36. The molecule has 0 aliphatic rings. The molecule has 0 spiro atoms. The Labute approximate surface area is 215 Å². The predicted molar refractivity (Wildman–Crippen MR) is 134 cm³/mol. The molecule has 0 bridgehead atoms. The molecule has 4 aromatic rings. The zero-order valence-corrected chi connectivity index (χ0v) is 19.6. The van der Waals surface area contributed by atoms with Gasteiger partial charge in [-0.3, -0.25) is 0 Å². The smallest absolute Gasteiger partial charge is 0.416 e. The second-order valence-electron chi connectivity index (χ2n) is 8.58. The van der Waals surface area contributed by atoms with Crippen LogP contribution in [0.4, 0.5) is 26.3 Å². The van der Waals surface area contributed by atoms with Crippen LogP contribution in [-0.2, 0) is 12.4 Å². The van der Waals surface area contributed by atoms with Crippen molar-refractivity contribution >= 4 is 30.2 Å². The van der Waals surface area contributed by atoms with Gasteiger partial charge in [0.2, 0.25) is 0 Å². The van der Waals surface area contributed by atoms with Gasteiger partial charge in [-0.05, 0) is 40.2 Å². The van der Waals surface area contributed by atoms with Gasteiger partial charge in [-0.1, -0.05) is 84.9 Å². The van der Waals surface area contributed by atoms with E-state index in [4.69, 9.17) is 4.74 Å². The summed E-state index contributed by atoms with van der Waals surface area (Å²) in [6.45, 7) is -2.99. The Morgan fingerprint density at radius 3 is 1.68 bits per heavy atom. The molecule has 38 heavy (non-hydrogen) atoms. The summed E-state index contributed by atoms with van der Waals surface area (Å²) < 4.78 is 85.7. The fourth-order valence-electron chi connectivity index (χ4n) is 4.00. The lowest BCUT2D eigenvalue weighted by atomic mass is 9.54. The van der Waals surface area contributed by atoms with Crippen LogP contribution < -0.4 is 21.1 Å². The Morgan fingerprint density at radius 2 is 1.13 bits per heavy atom. The molecule has 0 heterocycles. The van der Waals surface area contributed by atoms with E-state index in [1.165, 1.54) is 0 Å². The third-order valence-electron chi connectivity index (χ3n) is 6.00.